The van der Waals surface area contributed by atoms with Crippen molar-refractivity contribution >= 4 is 21.4 Å². The van der Waals surface area contributed by atoms with E-state index >= 15 is 0 Å². The molecule has 21 heavy (non-hydrogen) atoms. The normalized spacial score (nSPS) is 22.8. The molecule has 1 aromatic heterocycles. The average Bonchev–Trinajstić information content (AvgIpc) is 2.89. The van der Waals surface area contributed by atoms with Gasteiger partial charge in [-0.2, -0.15) is 5.10 Å². The molecule has 0 aromatic carbocycles. The largest absolute Gasteiger partial charge is 0.387 e. The van der Waals surface area contributed by atoms with E-state index in [2.05, 4.69) is 5.10 Å². The lowest BCUT2D eigenvalue weighted by molar-refractivity contribution is 0.137. The molecule has 2 rings (SSSR count). The molecule has 1 fully saturated rings. The zero-order valence-corrected chi connectivity index (χ0v) is 13.9. The summed E-state index contributed by atoms with van der Waals surface area (Å²) in [6.45, 7) is 1.42. The maximum absolute atomic E-state index is 11.5. The highest BCUT2D eigenvalue weighted by atomic mass is 35.5. The SMILES string of the molecule is CN(C)CCn1ncc(Cl)c1C(O)CC1CCS(=O)(=O)C1. The zero-order valence-electron chi connectivity index (χ0n) is 12.4. The Balaban J connectivity index is 2.05. The molecule has 0 saturated carbocycles. The molecule has 2 unspecified atom stereocenters. The first-order valence-electron chi connectivity index (χ1n) is 7.03. The molecule has 0 amide bonds. The fourth-order valence-corrected chi connectivity index (χ4v) is 4.81. The zero-order chi connectivity index (χ0) is 15.6. The van der Waals surface area contributed by atoms with Crippen LogP contribution in [0.4, 0.5) is 0 Å². The van der Waals surface area contributed by atoms with E-state index in [1.165, 1.54) is 6.20 Å². The van der Waals surface area contributed by atoms with Crippen molar-refractivity contribution in [3.8, 4) is 0 Å². The molecule has 1 aliphatic heterocycles. The summed E-state index contributed by atoms with van der Waals surface area (Å²) in [6.07, 6.45) is 1.77. The molecule has 0 aliphatic carbocycles. The Morgan fingerprint density at radius 3 is 2.86 bits per heavy atom. The van der Waals surface area contributed by atoms with Gasteiger partial charge in [0.05, 0.1) is 41.1 Å². The third kappa shape index (κ3) is 4.42. The van der Waals surface area contributed by atoms with Gasteiger partial charge in [0.1, 0.15) is 0 Å². The van der Waals surface area contributed by atoms with Gasteiger partial charge in [0, 0.05) is 6.54 Å². The topological polar surface area (TPSA) is 75.4 Å². The third-order valence-electron chi connectivity index (χ3n) is 3.79. The van der Waals surface area contributed by atoms with Gasteiger partial charge in [-0.1, -0.05) is 11.6 Å². The Morgan fingerprint density at radius 2 is 2.29 bits per heavy atom. The summed E-state index contributed by atoms with van der Waals surface area (Å²) in [5, 5.41) is 15.0. The Labute approximate surface area is 130 Å². The standard InChI is InChI=1S/C13H22ClN3O3S/c1-16(2)4-5-17-13(11(14)8-15-17)12(18)7-10-3-6-21(19,20)9-10/h8,10,12,18H,3-7,9H2,1-2H3. The van der Waals surface area contributed by atoms with Gasteiger partial charge < -0.3 is 10.0 Å². The van der Waals surface area contributed by atoms with Crippen LogP contribution < -0.4 is 0 Å². The molecule has 1 aromatic rings. The Morgan fingerprint density at radius 1 is 1.57 bits per heavy atom. The number of halogens is 1. The minimum atomic E-state index is -2.92. The number of nitrogens with zero attached hydrogens (tertiary/aromatic N) is 3. The van der Waals surface area contributed by atoms with Crippen molar-refractivity contribution in [1.82, 2.24) is 14.7 Å². The molecule has 0 spiro atoms. The van der Waals surface area contributed by atoms with Gasteiger partial charge in [-0.25, -0.2) is 8.42 Å². The molecule has 2 atom stereocenters. The minimum absolute atomic E-state index is 0.00161. The van der Waals surface area contributed by atoms with E-state index in [1.54, 1.807) is 4.68 Å². The summed E-state index contributed by atoms with van der Waals surface area (Å²) in [6, 6.07) is 0. The predicted octanol–water partition coefficient (Wildman–Crippen LogP) is 0.956. The van der Waals surface area contributed by atoms with Crippen LogP contribution in [-0.4, -0.2) is 60.4 Å². The van der Waals surface area contributed by atoms with E-state index in [1.807, 2.05) is 19.0 Å². The Kier molecular flexibility index (Phi) is 5.29. The van der Waals surface area contributed by atoms with Crippen molar-refractivity contribution in [3.05, 3.63) is 16.9 Å². The van der Waals surface area contributed by atoms with Crippen molar-refractivity contribution in [2.75, 3.05) is 32.1 Å². The quantitative estimate of drug-likeness (QED) is 0.838. The third-order valence-corrected chi connectivity index (χ3v) is 5.92. The lowest BCUT2D eigenvalue weighted by atomic mass is 9.99. The van der Waals surface area contributed by atoms with Gasteiger partial charge in [-0.15, -0.1) is 0 Å². The first-order chi connectivity index (χ1) is 9.78. The van der Waals surface area contributed by atoms with Gasteiger partial charge in [0.15, 0.2) is 9.84 Å². The molecule has 1 saturated heterocycles. The number of hydrogen-bond acceptors (Lipinski definition) is 5. The van der Waals surface area contributed by atoms with Gasteiger partial charge in [-0.05, 0) is 32.9 Å². The van der Waals surface area contributed by atoms with Crippen LogP contribution in [0, 0.1) is 5.92 Å². The first-order valence-corrected chi connectivity index (χ1v) is 9.23. The van der Waals surface area contributed by atoms with Crippen molar-refractivity contribution in [1.29, 1.82) is 0 Å². The first kappa shape index (κ1) is 16.7. The summed E-state index contributed by atoms with van der Waals surface area (Å²) < 4.78 is 24.7. The van der Waals surface area contributed by atoms with Crippen LogP contribution in [0.15, 0.2) is 6.20 Å². The molecule has 6 nitrogen and oxygen atoms in total. The summed E-state index contributed by atoms with van der Waals surface area (Å²) in [7, 11) is 1.00. The second-order valence-electron chi connectivity index (χ2n) is 5.92. The number of aromatic nitrogens is 2. The molecule has 1 aliphatic rings. The van der Waals surface area contributed by atoms with Crippen LogP contribution in [0.25, 0.3) is 0 Å². The number of rotatable bonds is 6. The summed E-state index contributed by atoms with van der Waals surface area (Å²) in [4.78, 5) is 2.02. The van der Waals surface area contributed by atoms with Gasteiger partial charge in [0.25, 0.3) is 0 Å². The van der Waals surface area contributed by atoms with Gasteiger partial charge in [-0.3, -0.25) is 4.68 Å². The molecule has 0 radical (unpaired) electrons. The lowest BCUT2D eigenvalue weighted by Crippen LogP contribution is -2.21. The number of aliphatic hydroxyl groups is 1. The maximum atomic E-state index is 11.5. The summed E-state index contributed by atoms with van der Waals surface area (Å²) in [5.74, 6) is 0.379. The van der Waals surface area contributed by atoms with Crippen LogP contribution in [0.1, 0.15) is 24.6 Å². The highest BCUT2D eigenvalue weighted by Gasteiger charge is 2.31. The van der Waals surface area contributed by atoms with Crippen LogP contribution >= 0.6 is 11.6 Å². The smallest absolute Gasteiger partial charge is 0.150 e. The Hall–Kier alpha value is -0.630. The summed E-state index contributed by atoms with van der Waals surface area (Å²) >= 11 is 6.12. The molecular formula is C13H22ClN3O3S. The van der Waals surface area contributed by atoms with E-state index < -0.39 is 15.9 Å². The van der Waals surface area contributed by atoms with Crippen molar-refractivity contribution < 1.29 is 13.5 Å². The van der Waals surface area contributed by atoms with E-state index in [0.717, 1.165) is 6.54 Å². The molecule has 1 N–H and O–H groups in total. The highest BCUT2D eigenvalue weighted by molar-refractivity contribution is 7.91. The van der Waals surface area contributed by atoms with Gasteiger partial charge >= 0.3 is 0 Å². The fourth-order valence-electron chi connectivity index (χ4n) is 2.66. The van der Waals surface area contributed by atoms with Crippen LogP contribution in [0.2, 0.25) is 5.02 Å². The minimum Gasteiger partial charge on any atom is -0.387 e. The van der Waals surface area contributed by atoms with E-state index in [9.17, 15) is 13.5 Å². The van der Waals surface area contributed by atoms with Crippen molar-refractivity contribution in [2.24, 2.45) is 5.92 Å². The monoisotopic (exact) mass is 335 g/mol. The second kappa shape index (κ2) is 6.64. The maximum Gasteiger partial charge on any atom is 0.150 e. The van der Waals surface area contributed by atoms with Crippen molar-refractivity contribution in [2.45, 2.75) is 25.5 Å². The van der Waals surface area contributed by atoms with E-state index in [0.29, 0.717) is 30.1 Å². The number of likely N-dealkylation sites (N-methyl/N-ethyl adjacent to an activating group) is 1. The van der Waals surface area contributed by atoms with E-state index in [4.69, 9.17) is 11.6 Å². The molecular weight excluding hydrogens is 314 g/mol. The van der Waals surface area contributed by atoms with Crippen LogP contribution in [0.5, 0.6) is 0 Å². The molecule has 120 valence electrons. The van der Waals surface area contributed by atoms with Crippen LogP contribution in [0.3, 0.4) is 0 Å². The molecule has 8 heteroatoms. The van der Waals surface area contributed by atoms with Gasteiger partial charge in [0.2, 0.25) is 0 Å². The second-order valence-corrected chi connectivity index (χ2v) is 8.56. The lowest BCUT2D eigenvalue weighted by Gasteiger charge is -2.18. The molecule has 0 bridgehead atoms. The predicted molar refractivity (Wildman–Crippen MR) is 82.1 cm³/mol. The number of aliphatic hydroxyl groups excluding tert-OH is 1. The van der Waals surface area contributed by atoms with E-state index in [-0.39, 0.29) is 17.4 Å². The van der Waals surface area contributed by atoms with Crippen molar-refractivity contribution in [3.63, 3.8) is 0 Å². The fraction of sp³-hybridized carbons (Fsp3) is 0.769. The number of sulfone groups is 1. The molecule has 2 heterocycles. The average molecular weight is 336 g/mol. The Bertz CT molecular complexity index is 585. The number of hydrogen-bond donors (Lipinski definition) is 1. The summed E-state index contributed by atoms with van der Waals surface area (Å²) in [5.41, 5.74) is 0.586. The van der Waals surface area contributed by atoms with Crippen LogP contribution in [-0.2, 0) is 16.4 Å². The highest BCUT2D eigenvalue weighted by Crippen LogP contribution is 2.32.